The molecule has 0 radical (unpaired) electrons. The van der Waals surface area contributed by atoms with Crippen LogP contribution < -0.4 is 10.2 Å². The van der Waals surface area contributed by atoms with Gasteiger partial charge in [0, 0.05) is 30.6 Å². The summed E-state index contributed by atoms with van der Waals surface area (Å²) in [5.41, 5.74) is 4.13. The number of aryl methyl sites for hydroxylation is 1. The van der Waals surface area contributed by atoms with E-state index in [1.165, 1.54) is 11.1 Å². The minimum absolute atomic E-state index is 0.00442. The van der Waals surface area contributed by atoms with Gasteiger partial charge >= 0.3 is 5.97 Å². The normalized spacial score (nSPS) is 19.5. The molecule has 0 spiro atoms. The van der Waals surface area contributed by atoms with Gasteiger partial charge in [0.05, 0.1) is 11.3 Å². The monoisotopic (exact) mass is 392 g/mol. The van der Waals surface area contributed by atoms with Gasteiger partial charge in [-0.2, -0.15) is 0 Å². The smallest absolute Gasteiger partial charge is 0.337 e. The number of aromatic carboxylic acids is 1. The van der Waals surface area contributed by atoms with Crippen LogP contribution in [0, 0.1) is 12.8 Å². The van der Waals surface area contributed by atoms with Crippen molar-refractivity contribution in [2.75, 3.05) is 23.3 Å². The van der Waals surface area contributed by atoms with Crippen LogP contribution in [0.3, 0.4) is 0 Å². The highest BCUT2D eigenvalue weighted by Crippen LogP contribution is 2.34. The van der Waals surface area contributed by atoms with E-state index in [0.717, 1.165) is 50.9 Å². The number of hydrogen-bond donors (Lipinski definition) is 2. The Morgan fingerprint density at radius 1 is 1.07 bits per heavy atom. The van der Waals surface area contributed by atoms with Gasteiger partial charge in [0.2, 0.25) is 5.91 Å². The molecule has 1 saturated carbocycles. The number of nitrogens with one attached hydrogen (secondary N) is 1. The lowest BCUT2D eigenvalue weighted by Gasteiger charge is -2.21. The summed E-state index contributed by atoms with van der Waals surface area (Å²) in [5, 5.41) is 12.6. The number of rotatable bonds is 5. The van der Waals surface area contributed by atoms with E-state index in [1.54, 1.807) is 12.1 Å². The summed E-state index contributed by atoms with van der Waals surface area (Å²) in [6.07, 6.45) is 4.97. The standard InChI is InChI=1S/C24H28N2O3/c1-16-6-2-5-9-20(16)18-12-13-26(15-18)19-10-11-22(21(14-19)24(28)29)25-23(27)17-7-3-4-8-17/h2,5-6,9-11,14,17-18H,3-4,7-8,12-13,15H2,1H3,(H,25,27)(H,28,29)/t18-/m0/s1. The highest BCUT2D eigenvalue weighted by molar-refractivity contribution is 6.02. The summed E-state index contributed by atoms with van der Waals surface area (Å²) >= 11 is 0. The molecule has 29 heavy (non-hydrogen) atoms. The number of anilines is 2. The fourth-order valence-corrected chi connectivity index (χ4v) is 4.73. The van der Waals surface area contributed by atoms with Crippen LogP contribution in [0.1, 0.15) is 59.5 Å². The first-order valence-corrected chi connectivity index (χ1v) is 10.5. The van der Waals surface area contributed by atoms with Crippen LogP contribution in [-0.4, -0.2) is 30.1 Å². The molecule has 0 aromatic heterocycles. The summed E-state index contributed by atoms with van der Waals surface area (Å²) in [6, 6.07) is 13.8. The van der Waals surface area contributed by atoms with Crippen LogP contribution >= 0.6 is 0 Å². The maximum atomic E-state index is 12.4. The zero-order valence-electron chi connectivity index (χ0n) is 16.9. The van der Waals surface area contributed by atoms with Gasteiger partial charge in [0.15, 0.2) is 0 Å². The highest BCUT2D eigenvalue weighted by atomic mass is 16.4. The number of nitrogens with zero attached hydrogens (tertiary/aromatic N) is 1. The average molecular weight is 392 g/mol. The SMILES string of the molecule is Cc1ccccc1[C@H]1CCN(c2ccc(NC(=O)C3CCCC3)c(C(=O)O)c2)C1. The molecule has 1 amide bonds. The molecule has 2 aromatic carbocycles. The average Bonchev–Trinajstić information content (AvgIpc) is 3.41. The number of carbonyl (C=O) groups is 2. The lowest BCUT2D eigenvalue weighted by molar-refractivity contribution is -0.119. The van der Waals surface area contributed by atoms with Crippen LogP contribution in [0.5, 0.6) is 0 Å². The summed E-state index contributed by atoms with van der Waals surface area (Å²) in [6.45, 7) is 3.91. The number of carboxylic acids is 1. The van der Waals surface area contributed by atoms with Crippen molar-refractivity contribution in [1.82, 2.24) is 0 Å². The summed E-state index contributed by atoms with van der Waals surface area (Å²) in [4.78, 5) is 26.5. The van der Waals surface area contributed by atoms with Gasteiger partial charge in [-0.25, -0.2) is 4.79 Å². The third-order valence-corrected chi connectivity index (χ3v) is 6.40. The second-order valence-electron chi connectivity index (χ2n) is 8.29. The number of hydrogen-bond acceptors (Lipinski definition) is 3. The molecule has 0 unspecified atom stereocenters. The number of carboxylic acid groups (broad SMARTS) is 1. The molecule has 2 fully saturated rings. The van der Waals surface area contributed by atoms with Crippen LogP contribution in [0.15, 0.2) is 42.5 Å². The van der Waals surface area contributed by atoms with E-state index in [4.69, 9.17) is 0 Å². The largest absolute Gasteiger partial charge is 0.478 e. The maximum absolute atomic E-state index is 12.4. The van der Waals surface area contributed by atoms with E-state index in [9.17, 15) is 14.7 Å². The highest BCUT2D eigenvalue weighted by Gasteiger charge is 2.27. The Hall–Kier alpha value is -2.82. The van der Waals surface area contributed by atoms with Crippen molar-refractivity contribution in [3.63, 3.8) is 0 Å². The fraction of sp³-hybridized carbons (Fsp3) is 0.417. The van der Waals surface area contributed by atoms with Crippen molar-refractivity contribution in [3.05, 3.63) is 59.2 Å². The first-order valence-electron chi connectivity index (χ1n) is 10.5. The summed E-state index contributed by atoms with van der Waals surface area (Å²) in [5.74, 6) is -0.613. The van der Waals surface area contributed by atoms with Crippen molar-refractivity contribution in [3.8, 4) is 0 Å². The lowest BCUT2D eigenvalue weighted by Crippen LogP contribution is -2.23. The zero-order chi connectivity index (χ0) is 20.4. The van der Waals surface area contributed by atoms with Crippen LogP contribution in [-0.2, 0) is 4.79 Å². The molecular weight excluding hydrogens is 364 g/mol. The molecule has 1 aliphatic heterocycles. The molecule has 152 valence electrons. The molecule has 2 N–H and O–H groups in total. The maximum Gasteiger partial charge on any atom is 0.337 e. The van der Waals surface area contributed by atoms with Gasteiger partial charge < -0.3 is 15.3 Å². The van der Waals surface area contributed by atoms with Crippen molar-refractivity contribution in [2.45, 2.75) is 44.9 Å². The Morgan fingerprint density at radius 3 is 2.55 bits per heavy atom. The van der Waals surface area contributed by atoms with Gasteiger partial charge in [-0.3, -0.25) is 4.79 Å². The van der Waals surface area contributed by atoms with Crippen molar-refractivity contribution in [1.29, 1.82) is 0 Å². The van der Waals surface area contributed by atoms with Crippen LogP contribution in [0.25, 0.3) is 0 Å². The topological polar surface area (TPSA) is 69.6 Å². The molecule has 1 atom stereocenters. The van der Waals surface area contributed by atoms with Crippen molar-refractivity contribution >= 4 is 23.3 Å². The van der Waals surface area contributed by atoms with Gasteiger partial charge in [-0.15, -0.1) is 0 Å². The predicted molar refractivity (Wildman–Crippen MR) is 115 cm³/mol. The number of carbonyl (C=O) groups excluding carboxylic acids is 1. The molecule has 1 heterocycles. The fourth-order valence-electron chi connectivity index (χ4n) is 4.73. The summed E-state index contributed by atoms with van der Waals surface area (Å²) < 4.78 is 0. The van der Waals surface area contributed by atoms with Gasteiger partial charge in [0.25, 0.3) is 0 Å². The van der Waals surface area contributed by atoms with Crippen molar-refractivity contribution < 1.29 is 14.7 Å². The molecule has 5 nitrogen and oxygen atoms in total. The van der Waals surface area contributed by atoms with E-state index in [0.29, 0.717) is 11.6 Å². The molecule has 4 rings (SSSR count). The van der Waals surface area contributed by atoms with E-state index in [2.05, 4.69) is 41.4 Å². The number of benzene rings is 2. The van der Waals surface area contributed by atoms with E-state index < -0.39 is 5.97 Å². The first kappa shape index (κ1) is 19.5. The molecule has 5 heteroatoms. The number of amides is 1. The predicted octanol–water partition coefficient (Wildman–Crippen LogP) is 4.82. The molecule has 1 saturated heterocycles. The second kappa shape index (κ2) is 8.27. The molecule has 2 aromatic rings. The van der Waals surface area contributed by atoms with Gasteiger partial charge in [-0.05, 0) is 55.5 Å². The quantitative estimate of drug-likeness (QED) is 0.766. The Morgan fingerprint density at radius 2 is 1.83 bits per heavy atom. The molecular formula is C24H28N2O3. The van der Waals surface area contributed by atoms with Gasteiger partial charge in [-0.1, -0.05) is 37.1 Å². The lowest BCUT2D eigenvalue weighted by atomic mass is 9.94. The van der Waals surface area contributed by atoms with E-state index in [-0.39, 0.29) is 17.4 Å². The Labute approximate surface area is 171 Å². The molecule has 1 aliphatic carbocycles. The van der Waals surface area contributed by atoms with Crippen LogP contribution in [0.2, 0.25) is 0 Å². The Balaban J connectivity index is 1.51. The minimum Gasteiger partial charge on any atom is -0.478 e. The minimum atomic E-state index is -1.01. The van der Waals surface area contributed by atoms with E-state index in [1.807, 2.05) is 6.07 Å². The van der Waals surface area contributed by atoms with Gasteiger partial charge in [0.1, 0.15) is 0 Å². The summed E-state index contributed by atoms with van der Waals surface area (Å²) in [7, 11) is 0. The first-order chi connectivity index (χ1) is 14.0. The molecule has 2 aliphatic rings. The Bertz CT molecular complexity index is 918. The Kier molecular flexibility index (Phi) is 5.56. The van der Waals surface area contributed by atoms with Crippen molar-refractivity contribution in [2.24, 2.45) is 5.92 Å². The molecule has 0 bridgehead atoms. The third kappa shape index (κ3) is 4.14. The van der Waals surface area contributed by atoms with Crippen LogP contribution in [0.4, 0.5) is 11.4 Å². The second-order valence-corrected chi connectivity index (χ2v) is 8.29. The zero-order valence-corrected chi connectivity index (χ0v) is 16.9. The third-order valence-electron chi connectivity index (χ3n) is 6.40. The van der Waals surface area contributed by atoms with E-state index >= 15 is 0 Å².